The number of benzene rings is 3. The standard InChI is InChI=1S/C23H20ClN3O3/c1-2-30-19-13-7-16(8-14-19)15-25-27-22(28)17-9-11-18(12-10-17)26-23(29)20-5-3-4-6-21(20)24/h3-15H,2H2,1H3,(H,26,29)(H,27,28)/b25-15+. The van der Waals surface area contributed by atoms with E-state index in [1.54, 1.807) is 54.7 Å². The van der Waals surface area contributed by atoms with Gasteiger partial charge in [-0.1, -0.05) is 23.7 Å². The van der Waals surface area contributed by atoms with Gasteiger partial charge in [0.25, 0.3) is 11.8 Å². The van der Waals surface area contributed by atoms with E-state index in [-0.39, 0.29) is 11.8 Å². The first kappa shape index (κ1) is 21.1. The lowest BCUT2D eigenvalue weighted by molar-refractivity contribution is 0.0954. The minimum atomic E-state index is -0.360. The lowest BCUT2D eigenvalue weighted by atomic mass is 10.1. The number of anilines is 1. The highest BCUT2D eigenvalue weighted by atomic mass is 35.5. The first-order chi connectivity index (χ1) is 14.6. The number of amides is 2. The summed E-state index contributed by atoms with van der Waals surface area (Å²) in [6, 6.07) is 20.6. The molecule has 3 aromatic carbocycles. The smallest absolute Gasteiger partial charge is 0.271 e. The zero-order chi connectivity index (χ0) is 21.3. The molecule has 0 aromatic heterocycles. The third-order valence-electron chi connectivity index (χ3n) is 4.09. The Kier molecular flexibility index (Phi) is 7.19. The quantitative estimate of drug-likeness (QED) is 0.426. The minimum absolute atomic E-state index is 0.322. The number of ether oxygens (including phenoxy) is 1. The van der Waals surface area contributed by atoms with Crippen LogP contribution in [0.15, 0.2) is 77.9 Å². The largest absolute Gasteiger partial charge is 0.494 e. The van der Waals surface area contributed by atoms with Gasteiger partial charge >= 0.3 is 0 Å². The highest BCUT2D eigenvalue weighted by Crippen LogP contribution is 2.17. The number of rotatable bonds is 7. The van der Waals surface area contributed by atoms with Crippen molar-refractivity contribution in [2.45, 2.75) is 6.92 Å². The molecule has 0 saturated carbocycles. The summed E-state index contributed by atoms with van der Waals surface area (Å²) in [6.45, 7) is 2.52. The maximum absolute atomic E-state index is 12.3. The number of carbonyl (C=O) groups is 2. The van der Waals surface area contributed by atoms with Gasteiger partial charge in [0.15, 0.2) is 0 Å². The van der Waals surface area contributed by atoms with Crippen LogP contribution in [0, 0.1) is 0 Å². The summed E-state index contributed by atoms with van der Waals surface area (Å²) in [5.74, 6) is 0.0966. The van der Waals surface area contributed by atoms with Gasteiger partial charge in [0, 0.05) is 11.3 Å². The average Bonchev–Trinajstić information content (AvgIpc) is 2.76. The predicted molar refractivity (Wildman–Crippen MR) is 119 cm³/mol. The normalized spacial score (nSPS) is 10.6. The lowest BCUT2D eigenvalue weighted by Gasteiger charge is -2.07. The van der Waals surface area contributed by atoms with Crippen molar-refractivity contribution in [1.82, 2.24) is 5.43 Å². The lowest BCUT2D eigenvalue weighted by Crippen LogP contribution is -2.18. The molecule has 3 aromatic rings. The van der Waals surface area contributed by atoms with Gasteiger partial charge in [-0.25, -0.2) is 5.43 Å². The highest BCUT2D eigenvalue weighted by Gasteiger charge is 2.10. The third-order valence-corrected chi connectivity index (χ3v) is 4.42. The van der Waals surface area contributed by atoms with Crippen molar-refractivity contribution in [3.05, 3.63) is 94.5 Å². The van der Waals surface area contributed by atoms with E-state index < -0.39 is 0 Å². The van der Waals surface area contributed by atoms with Gasteiger partial charge in [-0.3, -0.25) is 9.59 Å². The Morgan fingerprint density at radius 3 is 2.33 bits per heavy atom. The van der Waals surface area contributed by atoms with Crippen LogP contribution in [0.5, 0.6) is 5.75 Å². The number of carbonyl (C=O) groups excluding carboxylic acids is 2. The summed E-state index contributed by atoms with van der Waals surface area (Å²) in [5.41, 5.74) is 4.65. The Balaban J connectivity index is 1.55. The van der Waals surface area contributed by atoms with Crippen LogP contribution in [0.4, 0.5) is 5.69 Å². The Bertz CT molecular complexity index is 1050. The van der Waals surface area contributed by atoms with Crippen LogP contribution in [0.3, 0.4) is 0 Å². The van der Waals surface area contributed by atoms with E-state index >= 15 is 0 Å². The molecule has 0 aliphatic carbocycles. The summed E-state index contributed by atoms with van der Waals surface area (Å²) in [7, 11) is 0. The van der Waals surface area contributed by atoms with E-state index in [1.807, 2.05) is 31.2 Å². The number of halogens is 1. The van der Waals surface area contributed by atoms with E-state index in [2.05, 4.69) is 15.8 Å². The molecule has 2 amide bonds. The highest BCUT2D eigenvalue weighted by molar-refractivity contribution is 6.34. The second kappa shape index (κ2) is 10.2. The first-order valence-corrected chi connectivity index (χ1v) is 9.67. The number of hydrazone groups is 1. The zero-order valence-corrected chi connectivity index (χ0v) is 17.0. The Labute approximate surface area is 179 Å². The summed E-state index contributed by atoms with van der Waals surface area (Å²) in [5, 5.41) is 7.08. The fraction of sp³-hybridized carbons (Fsp3) is 0.0870. The SMILES string of the molecule is CCOc1ccc(/C=N/NC(=O)c2ccc(NC(=O)c3ccccc3Cl)cc2)cc1. The van der Waals surface area contributed by atoms with Crippen LogP contribution in [-0.4, -0.2) is 24.6 Å². The average molecular weight is 422 g/mol. The van der Waals surface area contributed by atoms with Crippen LogP contribution >= 0.6 is 11.6 Å². The summed E-state index contributed by atoms with van der Waals surface area (Å²) in [6.07, 6.45) is 1.55. The monoisotopic (exact) mass is 421 g/mol. The van der Waals surface area contributed by atoms with E-state index in [4.69, 9.17) is 16.3 Å². The molecule has 3 rings (SSSR count). The van der Waals surface area contributed by atoms with E-state index in [9.17, 15) is 9.59 Å². The molecule has 0 heterocycles. The molecule has 30 heavy (non-hydrogen) atoms. The second-order valence-electron chi connectivity index (χ2n) is 6.21. The molecular formula is C23H20ClN3O3. The summed E-state index contributed by atoms with van der Waals surface area (Å²) in [4.78, 5) is 24.5. The van der Waals surface area contributed by atoms with Gasteiger partial charge < -0.3 is 10.1 Å². The van der Waals surface area contributed by atoms with Crippen molar-refractivity contribution in [2.24, 2.45) is 5.10 Å². The number of nitrogens with zero attached hydrogens (tertiary/aromatic N) is 1. The number of nitrogens with one attached hydrogen (secondary N) is 2. The molecule has 0 unspecified atom stereocenters. The molecule has 0 aliphatic rings. The van der Waals surface area contributed by atoms with E-state index in [1.165, 1.54) is 0 Å². The van der Waals surface area contributed by atoms with Gasteiger partial charge in [0.05, 0.1) is 23.4 Å². The van der Waals surface area contributed by atoms with Crippen molar-refractivity contribution in [2.75, 3.05) is 11.9 Å². The van der Waals surface area contributed by atoms with Crippen molar-refractivity contribution in [3.8, 4) is 5.75 Å². The van der Waals surface area contributed by atoms with Crippen LogP contribution < -0.4 is 15.5 Å². The molecule has 0 bridgehead atoms. The Hall–Kier alpha value is -3.64. The van der Waals surface area contributed by atoms with Crippen molar-refractivity contribution < 1.29 is 14.3 Å². The van der Waals surface area contributed by atoms with Crippen LogP contribution in [-0.2, 0) is 0 Å². The van der Waals surface area contributed by atoms with Gasteiger partial charge in [0.1, 0.15) is 5.75 Å². The predicted octanol–water partition coefficient (Wildman–Crippen LogP) is 4.75. The van der Waals surface area contributed by atoms with Crippen LogP contribution in [0.2, 0.25) is 5.02 Å². The van der Waals surface area contributed by atoms with Crippen molar-refractivity contribution in [1.29, 1.82) is 0 Å². The fourth-order valence-electron chi connectivity index (χ4n) is 2.60. The zero-order valence-electron chi connectivity index (χ0n) is 16.3. The maximum Gasteiger partial charge on any atom is 0.271 e. The maximum atomic E-state index is 12.3. The van der Waals surface area contributed by atoms with Gasteiger partial charge in [-0.2, -0.15) is 5.10 Å². The molecule has 2 N–H and O–H groups in total. The van der Waals surface area contributed by atoms with Gasteiger partial charge in [-0.15, -0.1) is 0 Å². The van der Waals surface area contributed by atoms with Crippen molar-refractivity contribution >= 4 is 35.3 Å². The fourth-order valence-corrected chi connectivity index (χ4v) is 2.82. The Morgan fingerprint density at radius 2 is 1.67 bits per heavy atom. The molecular weight excluding hydrogens is 402 g/mol. The first-order valence-electron chi connectivity index (χ1n) is 9.29. The second-order valence-corrected chi connectivity index (χ2v) is 6.62. The summed E-state index contributed by atoms with van der Waals surface area (Å²) >= 11 is 6.03. The Morgan fingerprint density at radius 1 is 0.967 bits per heavy atom. The molecule has 0 atom stereocenters. The third kappa shape index (κ3) is 5.68. The van der Waals surface area contributed by atoms with E-state index in [0.29, 0.717) is 28.4 Å². The molecule has 7 heteroatoms. The van der Waals surface area contributed by atoms with Gasteiger partial charge in [0.2, 0.25) is 0 Å². The molecule has 0 aliphatic heterocycles. The van der Waals surface area contributed by atoms with Crippen molar-refractivity contribution in [3.63, 3.8) is 0 Å². The molecule has 0 fully saturated rings. The van der Waals surface area contributed by atoms with Crippen LogP contribution in [0.1, 0.15) is 33.2 Å². The van der Waals surface area contributed by atoms with Crippen LogP contribution in [0.25, 0.3) is 0 Å². The topological polar surface area (TPSA) is 79.8 Å². The molecule has 0 radical (unpaired) electrons. The molecule has 6 nitrogen and oxygen atoms in total. The minimum Gasteiger partial charge on any atom is -0.494 e. The molecule has 0 saturated heterocycles. The van der Waals surface area contributed by atoms with E-state index in [0.717, 1.165) is 11.3 Å². The summed E-state index contributed by atoms with van der Waals surface area (Å²) < 4.78 is 5.38. The molecule has 0 spiro atoms. The number of hydrogen-bond donors (Lipinski definition) is 2. The van der Waals surface area contributed by atoms with Gasteiger partial charge in [-0.05, 0) is 73.2 Å². The molecule has 152 valence electrons. The number of hydrogen-bond acceptors (Lipinski definition) is 4.